The molecule has 0 aliphatic rings. The van der Waals surface area contributed by atoms with Gasteiger partial charge in [-0.3, -0.25) is 4.79 Å². The normalized spacial score (nSPS) is 11.3. The Balaban J connectivity index is 2.79. The van der Waals surface area contributed by atoms with E-state index in [1.165, 1.54) is 11.8 Å². The smallest absolute Gasteiger partial charge is 0.357 e. The van der Waals surface area contributed by atoms with Crippen LogP contribution in [0.5, 0.6) is 0 Å². The van der Waals surface area contributed by atoms with Crippen LogP contribution in [-0.4, -0.2) is 39.9 Å². The molecule has 1 aromatic rings. The van der Waals surface area contributed by atoms with Gasteiger partial charge in [0.05, 0.1) is 12.4 Å². The molecule has 0 radical (unpaired) electrons. The van der Waals surface area contributed by atoms with Crippen molar-refractivity contribution < 1.29 is 19.1 Å². The fourth-order valence-corrected chi connectivity index (χ4v) is 2.58. The van der Waals surface area contributed by atoms with Crippen LogP contribution in [0.3, 0.4) is 0 Å². The van der Waals surface area contributed by atoms with E-state index < -0.39 is 11.6 Å². The molecule has 6 nitrogen and oxygen atoms in total. The molecule has 0 unspecified atom stereocenters. The molecule has 0 spiro atoms. The lowest BCUT2D eigenvalue weighted by Gasteiger charge is -2.19. The summed E-state index contributed by atoms with van der Waals surface area (Å²) < 4.78 is 10.3. The van der Waals surface area contributed by atoms with Gasteiger partial charge < -0.3 is 14.5 Å². The molecule has 0 aliphatic heterocycles. The minimum atomic E-state index is -0.528. The van der Waals surface area contributed by atoms with E-state index in [0.717, 1.165) is 25.1 Å². The number of aryl methyl sites for hydroxylation is 1. The summed E-state index contributed by atoms with van der Waals surface area (Å²) in [6.07, 6.45) is 2.78. The quantitative estimate of drug-likeness (QED) is 0.576. The number of nitrogens with zero attached hydrogens (tertiary/aromatic N) is 1. The van der Waals surface area contributed by atoms with Crippen molar-refractivity contribution >= 4 is 23.7 Å². The number of nitrogens with one attached hydrogen (secondary N) is 1. The van der Waals surface area contributed by atoms with Crippen molar-refractivity contribution in [2.24, 2.45) is 0 Å². The average molecular weight is 342 g/mol. The van der Waals surface area contributed by atoms with Crippen molar-refractivity contribution in [1.29, 1.82) is 0 Å². The number of carbonyl (C=O) groups excluding carboxylic acids is 2. The maximum atomic E-state index is 12.0. The van der Waals surface area contributed by atoms with Gasteiger partial charge in [-0.1, -0.05) is 25.1 Å². The molecular formula is C16H26N2O4S. The Morgan fingerprint density at radius 1 is 1.26 bits per heavy atom. The van der Waals surface area contributed by atoms with E-state index in [2.05, 4.69) is 16.9 Å². The lowest BCUT2D eigenvalue weighted by molar-refractivity contribution is -0.151. The van der Waals surface area contributed by atoms with Crippen molar-refractivity contribution in [3.05, 3.63) is 11.5 Å². The van der Waals surface area contributed by atoms with E-state index in [4.69, 9.17) is 9.47 Å². The minimum absolute atomic E-state index is 0.0990. The van der Waals surface area contributed by atoms with Crippen molar-refractivity contribution in [2.75, 3.05) is 12.4 Å². The fourth-order valence-electron chi connectivity index (χ4n) is 1.81. The molecule has 1 aromatic heterocycles. The molecule has 0 aromatic carbocycles. The van der Waals surface area contributed by atoms with E-state index >= 15 is 0 Å². The van der Waals surface area contributed by atoms with Crippen LogP contribution in [-0.2, 0) is 20.7 Å². The molecule has 0 saturated heterocycles. The number of aromatic nitrogens is 2. The SMILES string of the molecule is CCCCc1nc(SCC(=O)OC(C)(C)C)c(C(=O)OCC)[nH]1. The standard InChI is InChI=1S/C16H26N2O4S/c1-6-8-9-11-17-13(15(20)21-7-2)14(18-11)23-10-12(19)22-16(3,4)5/h6-10H2,1-5H3,(H,17,18). The monoisotopic (exact) mass is 342 g/mol. The number of hydrogen-bond acceptors (Lipinski definition) is 6. The van der Waals surface area contributed by atoms with Crippen molar-refractivity contribution in [1.82, 2.24) is 9.97 Å². The highest BCUT2D eigenvalue weighted by atomic mass is 32.2. The highest BCUT2D eigenvalue weighted by Gasteiger charge is 2.21. The molecule has 1 N–H and O–H groups in total. The molecular weight excluding hydrogens is 316 g/mol. The first-order valence-corrected chi connectivity index (χ1v) is 8.86. The van der Waals surface area contributed by atoms with Crippen molar-refractivity contribution in [2.45, 2.75) is 64.5 Å². The summed E-state index contributed by atoms with van der Waals surface area (Å²) in [5.74, 6) is 0.0494. The van der Waals surface area contributed by atoms with Gasteiger partial charge in [-0.15, -0.1) is 0 Å². The lowest BCUT2D eigenvalue weighted by Crippen LogP contribution is -2.25. The van der Waals surface area contributed by atoms with Crippen LogP contribution in [0.25, 0.3) is 0 Å². The number of imidazole rings is 1. The Morgan fingerprint density at radius 3 is 2.52 bits per heavy atom. The Bertz CT molecular complexity index is 535. The molecule has 0 fully saturated rings. The van der Waals surface area contributed by atoms with Crippen LogP contribution in [0.15, 0.2) is 5.03 Å². The summed E-state index contributed by atoms with van der Waals surface area (Å²) in [5, 5.41) is 0.486. The second-order valence-corrected chi connectivity index (χ2v) is 7.03. The van der Waals surface area contributed by atoms with E-state index in [1.54, 1.807) is 6.92 Å². The summed E-state index contributed by atoms with van der Waals surface area (Å²) in [6, 6.07) is 0. The van der Waals surface area contributed by atoms with Gasteiger partial charge in [-0.05, 0) is 34.1 Å². The van der Waals surface area contributed by atoms with Crippen LogP contribution in [0, 0.1) is 0 Å². The predicted molar refractivity (Wildman–Crippen MR) is 89.7 cm³/mol. The Hall–Kier alpha value is -1.50. The summed E-state index contributed by atoms with van der Waals surface area (Å²) in [6.45, 7) is 9.58. The van der Waals surface area contributed by atoms with Gasteiger partial charge in [0.15, 0.2) is 5.69 Å². The zero-order valence-corrected chi connectivity index (χ0v) is 15.3. The Kier molecular flexibility index (Phi) is 7.61. The van der Waals surface area contributed by atoms with Gasteiger partial charge in [0.25, 0.3) is 0 Å². The third-order valence-corrected chi connectivity index (χ3v) is 3.66. The second-order valence-electron chi connectivity index (χ2n) is 6.06. The minimum Gasteiger partial charge on any atom is -0.461 e. The third-order valence-electron chi connectivity index (χ3n) is 2.71. The molecule has 0 aliphatic carbocycles. The lowest BCUT2D eigenvalue weighted by atomic mass is 10.2. The third kappa shape index (κ3) is 7.07. The largest absolute Gasteiger partial charge is 0.461 e. The van der Waals surface area contributed by atoms with Crippen LogP contribution < -0.4 is 0 Å². The summed E-state index contributed by atoms with van der Waals surface area (Å²) >= 11 is 1.19. The van der Waals surface area contributed by atoms with Crippen molar-refractivity contribution in [3.8, 4) is 0 Å². The van der Waals surface area contributed by atoms with Gasteiger partial charge in [-0.25, -0.2) is 9.78 Å². The number of hydrogen-bond donors (Lipinski definition) is 1. The molecule has 0 bridgehead atoms. The summed E-state index contributed by atoms with van der Waals surface area (Å²) in [5.41, 5.74) is -0.217. The number of H-pyrrole nitrogens is 1. The van der Waals surface area contributed by atoms with E-state index in [9.17, 15) is 9.59 Å². The zero-order chi connectivity index (χ0) is 17.5. The average Bonchev–Trinajstić information content (AvgIpc) is 2.84. The highest BCUT2D eigenvalue weighted by molar-refractivity contribution is 8.00. The highest BCUT2D eigenvalue weighted by Crippen LogP contribution is 2.23. The van der Waals surface area contributed by atoms with Gasteiger partial charge in [0.2, 0.25) is 0 Å². The maximum absolute atomic E-state index is 12.0. The van der Waals surface area contributed by atoms with Crippen LogP contribution >= 0.6 is 11.8 Å². The van der Waals surface area contributed by atoms with E-state index in [-0.39, 0.29) is 18.3 Å². The predicted octanol–water partition coefficient (Wildman–Crippen LogP) is 3.36. The molecule has 1 heterocycles. The number of aromatic amines is 1. The summed E-state index contributed by atoms with van der Waals surface area (Å²) in [7, 11) is 0. The van der Waals surface area contributed by atoms with Gasteiger partial charge in [0, 0.05) is 6.42 Å². The van der Waals surface area contributed by atoms with Crippen LogP contribution in [0.1, 0.15) is 63.8 Å². The first-order valence-electron chi connectivity index (χ1n) is 7.87. The van der Waals surface area contributed by atoms with Gasteiger partial charge >= 0.3 is 11.9 Å². The topological polar surface area (TPSA) is 81.3 Å². The number of rotatable bonds is 8. The second kappa shape index (κ2) is 8.96. The van der Waals surface area contributed by atoms with E-state index in [1.807, 2.05) is 20.8 Å². The Labute approximate surface area is 141 Å². The van der Waals surface area contributed by atoms with Crippen LogP contribution in [0.4, 0.5) is 0 Å². The molecule has 23 heavy (non-hydrogen) atoms. The number of thioether (sulfide) groups is 1. The Morgan fingerprint density at radius 2 is 1.96 bits per heavy atom. The molecule has 0 amide bonds. The van der Waals surface area contributed by atoms with Crippen molar-refractivity contribution in [3.63, 3.8) is 0 Å². The molecule has 1 rings (SSSR count). The number of ether oxygens (including phenoxy) is 2. The zero-order valence-electron chi connectivity index (χ0n) is 14.5. The first-order chi connectivity index (χ1) is 10.8. The molecule has 0 atom stereocenters. The van der Waals surface area contributed by atoms with Gasteiger partial charge in [0.1, 0.15) is 16.5 Å². The molecule has 7 heteroatoms. The number of unbranched alkanes of at least 4 members (excludes halogenated alkanes) is 1. The fraction of sp³-hybridized carbons (Fsp3) is 0.688. The number of carbonyl (C=O) groups is 2. The van der Waals surface area contributed by atoms with Gasteiger partial charge in [-0.2, -0.15) is 0 Å². The molecule has 130 valence electrons. The number of esters is 2. The van der Waals surface area contributed by atoms with E-state index in [0.29, 0.717) is 10.7 Å². The summed E-state index contributed by atoms with van der Waals surface area (Å²) in [4.78, 5) is 31.3. The van der Waals surface area contributed by atoms with Crippen LogP contribution in [0.2, 0.25) is 0 Å². The maximum Gasteiger partial charge on any atom is 0.357 e. The molecule has 0 saturated carbocycles. The first kappa shape index (κ1) is 19.5.